The zero-order valence-corrected chi connectivity index (χ0v) is 27.8. The third-order valence-corrected chi connectivity index (χ3v) is 10.9. The van der Waals surface area contributed by atoms with Gasteiger partial charge in [0, 0.05) is 57.2 Å². The highest BCUT2D eigenvalue weighted by atomic mass is 32.2. The molecule has 2 saturated heterocycles. The number of pyridine rings is 1. The van der Waals surface area contributed by atoms with Gasteiger partial charge in [-0.2, -0.15) is 17.0 Å². The first-order valence-electron chi connectivity index (χ1n) is 16.1. The number of piperazine rings is 1. The van der Waals surface area contributed by atoms with E-state index < -0.39 is 51.4 Å². The Morgan fingerprint density at radius 3 is 2.42 bits per heavy atom. The van der Waals surface area contributed by atoms with Crippen LogP contribution in [0.15, 0.2) is 54.9 Å². The van der Waals surface area contributed by atoms with Gasteiger partial charge in [0.1, 0.15) is 23.5 Å². The van der Waals surface area contributed by atoms with Crippen molar-refractivity contribution in [1.29, 1.82) is 0 Å². The van der Waals surface area contributed by atoms with E-state index in [1.165, 1.54) is 53.8 Å². The minimum absolute atomic E-state index is 0.0898. The fourth-order valence-electron chi connectivity index (χ4n) is 6.62. The number of carbonyl (C=O) groups is 2. The van der Waals surface area contributed by atoms with Crippen LogP contribution in [0.2, 0.25) is 0 Å². The molecule has 2 aliphatic rings. The summed E-state index contributed by atoms with van der Waals surface area (Å²) in [5.41, 5.74) is 1.67. The van der Waals surface area contributed by atoms with Crippen molar-refractivity contribution in [3.8, 4) is 0 Å². The van der Waals surface area contributed by atoms with Gasteiger partial charge in [0.05, 0.1) is 18.1 Å². The first-order chi connectivity index (χ1) is 22.9. The molecule has 3 heterocycles. The predicted octanol–water partition coefficient (Wildman–Crippen LogP) is 4.02. The molecule has 0 radical (unpaired) electrons. The molecule has 3 atom stereocenters. The molecule has 0 spiro atoms. The average Bonchev–Trinajstić information content (AvgIpc) is 3.59. The third-order valence-electron chi connectivity index (χ3n) is 8.84. The number of nitrogens with one attached hydrogen (secondary N) is 3. The normalized spacial score (nSPS) is 18.7. The predicted molar refractivity (Wildman–Crippen MR) is 176 cm³/mol. The summed E-state index contributed by atoms with van der Waals surface area (Å²) in [6.07, 6.45) is 5.06. The molecule has 14 heteroatoms. The maximum absolute atomic E-state index is 15.3. The van der Waals surface area contributed by atoms with E-state index >= 15 is 4.39 Å². The van der Waals surface area contributed by atoms with E-state index in [0.29, 0.717) is 62.3 Å². The number of aromatic nitrogens is 1. The molecule has 0 saturated carbocycles. The van der Waals surface area contributed by atoms with Gasteiger partial charge in [-0.1, -0.05) is 18.2 Å². The number of hydrogen-bond donors (Lipinski definition) is 3. The molecular formula is C34H41F3N6O4S. The molecule has 3 N–H and O–H groups in total. The maximum Gasteiger partial charge on any atom is 0.282 e. The molecule has 258 valence electrons. The first-order valence-corrected chi connectivity index (χ1v) is 17.5. The zero-order valence-electron chi connectivity index (χ0n) is 27.0. The van der Waals surface area contributed by atoms with E-state index in [9.17, 15) is 26.8 Å². The molecule has 2 amide bonds. The van der Waals surface area contributed by atoms with Crippen molar-refractivity contribution in [2.75, 3.05) is 38.0 Å². The van der Waals surface area contributed by atoms with Gasteiger partial charge in [-0.05, 0) is 80.0 Å². The highest BCUT2D eigenvalue weighted by Crippen LogP contribution is 2.32. The number of nitrogens with zero attached hydrogens (tertiary/aromatic N) is 3. The van der Waals surface area contributed by atoms with Gasteiger partial charge in [-0.25, -0.2) is 13.2 Å². The molecule has 10 nitrogen and oxygen atoms in total. The highest BCUT2D eigenvalue weighted by Gasteiger charge is 2.37. The smallest absolute Gasteiger partial charge is 0.282 e. The van der Waals surface area contributed by atoms with Gasteiger partial charge in [0.25, 0.3) is 10.2 Å². The second kappa shape index (κ2) is 15.6. The van der Waals surface area contributed by atoms with Crippen LogP contribution in [0, 0.1) is 24.4 Å². The largest absolute Gasteiger partial charge is 0.344 e. The summed E-state index contributed by atoms with van der Waals surface area (Å²) in [5, 5.41) is 8.64. The quantitative estimate of drug-likeness (QED) is 0.265. The lowest BCUT2D eigenvalue weighted by Gasteiger charge is -2.37. The zero-order chi connectivity index (χ0) is 34.4. The number of carbonyl (C=O) groups excluding carboxylic acids is 2. The van der Waals surface area contributed by atoms with Crippen molar-refractivity contribution in [3.05, 3.63) is 94.6 Å². The fraction of sp³-hybridized carbons (Fsp3) is 0.441. The number of anilines is 1. The number of benzene rings is 2. The second-order valence-electron chi connectivity index (χ2n) is 12.4. The van der Waals surface area contributed by atoms with Gasteiger partial charge >= 0.3 is 0 Å². The van der Waals surface area contributed by atoms with E-state index in [1.807, 2.05) is 0 Å². The van der Waals surface area contributed by atoms with E-state index in [0.717, 1.165) is 19.0 Å². The lowest BCUT2D eigenvalue weighted by molar-refractivity contribution is -0.125. The number of amides is 2. The summed E-state index contributed by atoms with van der Waals surface area (Å²) >= 11 is 0. The Hall–Kier alpha value is -3.85. The van der Waals surface area contributed by atoms with Gasteiger partial charge in [-0.15, -0.1) is 0 Å². The van der Waals surface area contributed by atoms with E-state index in [1.54, 1.807) is 17.3 Å². The van der Waals surface area contributed by atoms with Crippen LogP contribution >= 0.6 is 0 Å². The molecule has 3 aromatic rings. The van der Waals surface area contributed by atoms with E-state index in [-0.39, 0.29) is 23.7 Å². The van der Waals surface area contributed by atoms with Crippen LogP contribution in [-0.4, -0.2) is 78.6 Å². The van der Waals surface area contributed by atoms with Crippen molar-refractivity contribution in [3.63, 3.8) is 0 Å². The third kappa shape index (κ3) is 8.41. The molecule has 1 aromatic heterocycles. The lowest BCUT2D eigenvalue weighted by atomic mass is 9.83. The van der Waals surface area contributed by atoms with Gasteiger partial charge in [0.15, 0.2) is 0 Å². The molecule has 2 aromatic carbocycles. The van der Waals surface area contributed by atoms with E-state index in [4.69, 9.17) is 0 Å². The van der Waals surface area contributed by atoms with Gasteiger partial charge in [-0.3, -0.25) is 14.6 Å². The number of rotatable bonds is 12. The number of aryl methyl sites for hydroxylation is 1. The van der Waals surface area contributed by atoms with Gasteiger partial charge < -0.3 is 16.0 Å². The summed E-state index contributed by atoms with van der Waals surface area (Å²) in [6.45, 7) is 5.30. The second-order valence-corrected chi connectivity index (χ2v) is 14.3. The molecule has 0 unspecified atom stereocenters. The Morgan fingerprint density at radius 1 is 1.00 bits per heavy atom. The van der Waals surface area contributed by atoms with Gasteiger partial charge in [0.2, 0.25) is 11.8 Å². The van der Waals surface area contributed by atoms with Crippen molar-refractivity contribution in [2.45, 2.75) is 64.0 Å². The molecule has 48 heavy (non-hydrogen) atoms. The van der Waals surface area contributed by atoms with Crippen LogP contribution < -0.4 is 16.0 Å². The van der Waals surface area contributed by atoms with Crippen molar-refractivity contribution in [2.24, 2.45) is 0 Å². The molecule has 2 aliphatic heterocycles. The number of halogens is 3. The van der Waals surface area contributed by atoms with Crippen molar-refractivity contribution in [1.82, 2.24) is 24.2 Å². The minimum atomic E-state index is -3.61. The maximum atomic E-state index is 15.3. The monoisotopic (exact) mass is 686 g/mol. The van der Waals surface area contributed by atoms with Crippen LogP contribution in [0.25, 0.3) is 0 Å². The van der Waals surface area contributed by atoms with Crippen LogP contribution in [0.5, 0.6) is 0 Å². The molecule has 0 aliphatic carbocycles. The highest BCUT2D eigenvalue weighted by molar-refractivity contribution is 7.86. The average molecular weight is 687 g/mol. The summed E-state index contributed by atoms with van der Waals surface area (Å²) in [6, 6.07) is 8.00. The Balaban J connectivity index is 1.38. The Labute approximate surface area is 279 Å². The van der Waals surface area contributed by atoms with Crippen LogP contribution in [0.4, 0.5) is 18.9 Å². The fourth-order valence-corrected chi connectivity index (χ4v) is 8.51. The number of hydrogen-bond acceptors (Lipinski definition) is 6. The summed E-state index contributed by atoms with van der Waals surface area (Å²) < 4.78 is 73.6. The SMILES string of the molecule is CC(=O)N[C@H](C(=O)Nc1cncc(F)c1CCC[C@H]1CNCCN1S(=O)(=O)N1CCCC1)[C@@H](c1ccc(F)cc1)c1cc(C)cc(F)c1. The van der Waals surface area contributed by atoms with Crippen molar-refractivity contribution >= 4 is 27.7 Å². The Kier molecular flexibility index (Phi) is 11.5. The summed E-state index contributed by atoms with van der Waals surface area (Å²) in [7, 11) is -3.61. The van der Waals surface area contributed by atoms with Crippen LogP contribution in [0.3, 0.4) is 0 Å². The minimum Gasteiger partial charge on any atom is -0.344 e. The van der Waals surface area contributed by atoms with Crippen molar-refractivity contribution < 1.29 is 31.2 Å². The Morgan fingerprint density at radius 2 is 1.73 bits per heavy atom. The molecule has 2 fully saturated rings. The van der Waals surface area contributed by atoms with Crippen LogP contribution in [0.1, 0.15) is 60.8 Å². The standard InChI is InChI=1S/C34H41F3N6O4S/c1-22-16-25(18-27(36)17-22)32(24-8-10-26(35)11-9-24)33(40-23(2)44)34(45)41-31-21-39-20-30(37)29(31)7-5-6-28-19-38-12-15-43(28)48(46,47)42-13-3-4-14-42/h8-11,16-18,20-21,28,32-33,38H,3-7,12-15,19H2,1-2H3,(H,40,44)(H,41,45)/t28-,32-,33-/m0/s1. The summed E-state index contributed by atoms with van der Waals surface area (Å²) in [5.74, 6) is -3.89. The lowest BCUT2D eigenvalue weighted by Crippen LogP contribution is -2.56. The molecule has 5 rings (SSSR count). The summed E-state index contributed by atoms with van der Waals surface area (Å²) in [4.78, 5) is 30.3. The Bertz CT molecular complexity index is 1700. The van der Waals surface area contributed by atoms with E-state index in [2.05, 4.69) is 20.9 Å². The first kappa shape index (κ1) is 35.5. The molecular weight excluding hydrogens is 645 g/mol. The van der Waals surface area contributed by atoms with Crippen LogP contribution in [-0.2, 0) is 26.2 Å². The molecule has 0 bridgehead atoms. The topological polar surface area (TPSA) is 124 Å².